The molecular formula is C19H20BN9. The normalized spacial score (nSPS) is 21.3. The summed E-state index contributed by atoms with van der Waals surface area (Å²) in [7, 11) is 6.11. The predicted octanol–water partition coefficient (Wildman–Crippen LogP) is 0.205. The zero-order chi connectivity index (χ0) is 19.4. The Balaban J connectivity index is 1.31. The average Bonchev–Trinajstić information content (AvgIpc) is 3.48. The predicted molar refractivity (Wildman–Crippen MR) is 112 cm³/mol. The van der Waals surface area contributed by atoms with Crippen LogP contribution in [0.5, 0.6) is 0 Å². The van der Waals surface area contributed by atoms with Crippen LogP contribution >= 0.6 is 0 Å². The molecule has 9 nitrogen and oxygen atoms in total. The van der Waals surface area contributed by atoms with Crippen LogP contribution in [0.25, 0.3) is 16.7 Å². The van der Waals surface area contributed by atoms with Crippen LogP contribution in [-0.2, 0) is 6.54 Å². The molecule has 2 aliphatic heterocycles. The van der Waals surface area contributed by atoms with Crippen LogP contribution < -0.4 is 21.0 Å². The van der Waals surface area contributed by atoms with Gasteiger partial charge in [-0.2, -0.15) is 19.6 Å². The fourth-order valence-electron chi connectivity index (χ4n) is 4.40. The molecule has 2 saturated heterocycles. The molecule has 5 heterocycles. The molecule has 3 N–H and O–H groups in total. The largest absolute Gasteiger partial charge is 0.347 e. The molecule has 144 valence electrons. The van der Waals surface area contributed by atoms with Gasteiger partial charge in [0.15, 0.2) is 5.65 Å². The molecular weight excluding hydrogens is 365 g/mol. The Hall–Kier alpha value is -3.14. The van der Waals surface area contributed by atoms with E-state index in [9.17, 15) is 0 Å². The van der Waals surface area contributed by atoms with Crippen LogP contribution in [0.15, 0.2) is 30.5 Å². The minimum atomic E-state index is 0.493. The minimum absolute atomic E-state index is 0.493. The Labute approximate surface area is 168 Å². The van der Waals surface area contributed by atoms with Gasteiger partial charge in [-0.15, -0.1) is 0 Å². The maximum Gasteiger partial charge on any atom is 0.230 e. The molecule has 3 aromatic heterocycles. The first-order valence-electron chi connectivity index (χ1n) is 9.92. The van der Waals surface area contributed by atoms with Gasteiger partial charge in [-0.3, -0.25) is 0 Å². The summed E-state index contributed by atoms with van der Waals surface area (Å²) in [6, 6.07) is 8.49. The number of para-hydroxylation sites is 2. The summed E-state index contributed by atoms with van der Waals surface area (Å²) in [6.07, 6.45) is 2.82. The third-order valence-electron chi connectivity index (χ3n) is 5.88. The van der Waals surface area contributed by atoms with Crippen molar-refractivity contribution in [3.05, 3.63) is 36.3 Å². The monoisotopic (exact) mass is 385 g/mol. The zero-order valence-corrected chi connectivity index (χ0v) is 15.8. The Morgan fingerprint density at radius 3 is 3.00 bits per heavy atom. The topological polar surface area (TPSA) is 99.1 Å². The Morgan fingerprint density at radius 2 is 2.10 bits per heavy atom. The number of aromatic amines is 1. The summed E-state index contributed by atoms with van der Waals surface area (Å²) >= 11 is 0. The third kappa shape index (κ3) is 2.82. The fourth-order valence-corrected chi connectivity index (χ4v) is 4.40. The lowest BCUT2D eigenvalue weighted by molar-refractivity contribution is 0.556. The molecule has 0 bridgehead atoms. The summed E-state index contributed by atoms with van der Waals surface area (Å²) in [4.78, 5) is 19.6. The van der Waals surface area contributed by atoms with E-state index < -0.39 is 0 Å². The maximum absolute atomic E-state index is 6.11. The van der Waals surface area contributed by atoms with E-state index in [4.69, 9.17) is 17.8 Å². The van der Waals surface area contributed by atoms with Gasteiger partial charge in [0.2, 0.25) is 11.9 Å². The molecule has 29 heavy (non-hydrogen) atoms. The van der Waals surface area contributed by atoms with E-state index in [0.29, 0.717) is 41.5 Å². The van der Waals surface area contributed by atoms with Gasteiger partial charge < -0.3 is 20.5 Å². The maximum atomic E-state index is 6.11. The molecule has 10 heteroatoms. The minimum Gasteiger partial charge on any atom is -0.347 e. The highest BCUT2D eigenvalue weighted by molar-refractivity contribution is 6.36. The number of rotatable bonds is 4. The molecule has 2 atom stereocenters. The molecule has 0 aliphatic carbocycles. The highest BCUT2D eigenvalue weighted by Gasteiger charge is 2.37. The van der Waals surface area contributed by atoms with Gasteiger partial charge in [-0.25, -0.2) is 4.98 Å². The Bertz CT molecular complexity index is 1150. The first-order valence-corrected chi connectivity index (χ1v) is 9.92. The number of nitrogens with one attached hydrogen (secondary N) is 3. The van der Waals surface area contributed by atoms with Crippen molar-refractivity contribution in [3.8, 4) is 0 Å². The lowest BCUT2D eigenvalue weighted by Gasteiger charge is -2.18. The molecule has 0 saturated carbocycles. The molecule has 1 aromatic carbocycles. The summed E-state index contributed by atoms with van der Waals surface area (Å²) in [5.41, 5.74) is 3.11. The number of hydrogen-bond acceptors (Lipinski definition) is 7. The quantitative estimate of drug-likeness (QED) is 0.432. The number of benzene rings is 1. The number of imidazole rings is 1. The molecule has 2 fully saturated rings. The second kappa shape index (κ2) is 6.45. The first-order chi connectivity index (χ1) is 14.2. The number of nitrogens with zero attached hydrogens (tertiary/aromatic N) is 6. The van der Waals surface area contributed by atoms with Crippen LogP contribution in [0.2, 0.25) is 0 Å². The molecule has 2 unspecified atom stereocenters. The van der Waals surface area contributed by atoms with Crippen molar-refractivity contribution in [1.82, 2.24) is 34.9 Å². The summed E-state index contributed by atoms with van der Waals surface area (Å²) in [6.45, 7) is 3.47. The number of H-pyrrole nitrogens is 1. The number of fused-ring (bicyclic) bond motifs is 3. The van der Waals surface area contributed by atoms with Crippen molar-refractivity contribution in [1.29, 1.82) is 0 Å². The van der Waals surface area contributed by atoms with E-state index in [0.717, 1.165) is 36.5 Å². The standard InChI is InChI=1S/C19H20BN9/c20-12-7-23-29-17(12)26-19(28-9-11-5-6-21-15(11)10-28)27-18(29)22-8-16-24-13-3-1-2-4-14(13)25-16/h1-4,7,11,15,21H,5-6,8-10H2,(H,24,25)(H,22,26,27). The van der Waals surface area contributed by atoms with Crippen molar-refractivity contribution in [2.24, 2.45) is 5.92 Å². The van der Waals surface area contributed by atoms with E-state index in [1.165, 1.54) is 6.42 Å². The lowest BCUT2D eigenvalue weighted by atomic mass is 10.0. The van der Waals surface area contributed by atoms with Crippen LogP contribution in [0.1, 0.15) is 12.2 Å². The van der Waals surface area contributed by atoms with Crippen molar-refractivity contribution < 1.29 is 0 Å². The number of anilines is 2. The van der Waals surface area contributed by atoms with Crippen LogP contribution in [0.4, 0.5) is 11.9 Å². The summed E-state index contributed by atoms with van der Waals surface area (Å²) in [5, 5.41) is 11.3. The van der Waals surface area contributed by atoms with Crippen molar-refractivity contribution in [2.75, 3.05) is 29.9 Å². The van der Waals surface area contributed by atoms with Gasteiger partial charge in [0.05, 0.1) is 17.6 Å². The van der Waals surface area contributed by atoms with Crippen molar-refractivity contribution >= 4 is 41.9 Å². The SMILES string of the molecule is [B]c1cnn2c(NCc3nc4ccccc4[nH]3)nc(N3CC4CCNC4C3)nc12. The molecule has 4 aromatic rings. The van der Waals surface area contributed by atoms with Crippen LogP contribution in [-0.4, -0.2) is 63.1 Å². The average molecular weight is 385 g/mol. The van der Waals surface area contributed by atoms with Gasteiger partial charge in [0, 0.05) is 25.3 Å². The van der Waals surface area contributed by atoms with Gasteiger partial charge in [-0.05, 0) is 36.5 Å². The van der Waals surface area contributed by atoms with Crippen LogP contribution in [0.3, 0.4) is 0 Å². The fraction of sp³-hybridized carbons (Fsp3) is 0.368. The summed E-state index contributed by atoms with van der Waals surface area (Å²) in [5.74, 6) is 2.78. The van der Waals surface area contributed by atoms with Crippen molar-refractivity contribution in [2.45, 2.75) is 19.0 Å². The lowest BCUT2D eigenvalue weighted by Crippen LogP contribution is -2.31. The first kappa shape index (κ1) is 16.8. The Morgan fingerprint density at radius 1 is 1.17 bits per heavy atom. The molecule has 0 spiro atoms. The third-order valence-corrected chi connectivity index (χ3v) is 5.88. The molecule has 2 radical (unpaired) electrons. The van der Waals surface area contributed by atoms with Crippen LogP contribution in [0, 0.1) is 5.92 Å². The molecule has 6 rings (SSSR count). The number of aromatic nitrogens is 6. The molecule has 0 amide bonds. The summed E-state index contributed by atoms with van der Waals surface area (Å²) < 4.78 is 1.65. The van der Waals surface area contributed by atoms with E-state index in [1.807, 2.05) is 24.3 Å². The van der Waals surface area contributed by atoms with Gasteiger partial charge in [-0.1, -0.05) is 12.1 Å². The number of hydrogen-bond donors (Lipinski definition) is 3. The van der Waals surface area contributed by atoms with Crippen molar-refractivity contribution in [3.63, 3.8) is 0 Å². The second-order valence-corrected chi connectivity index (χ2v) is 7.75. The van der Waals surface area contributed by atoms with E-state index in [1.54, 1.807) is 10.7 Å². The van der Waals surface area contributed by atoms with Gasteiger partial charge in [0.1, 0.15) is 13.7 Å². The smallest absolute Gasteiger partial charge is 0.230 e. The Kier molecular flexibility index (Phi) is 3.73. The highest BCUT2D eigenvalue weighted by atomic mass is 15.4. The van der Waals surface area contributed by atoms with E-state index >= 15 is 0 Å². The van der Waals surface area contributed by atoms with E-state index in [2.05, 4.69) is 30.6 Å². The van der Waals surface area contributed by atoms with E-state index in [-0.39, 0.29) is 0 Å². The zero-order valence-electron chi connectivity index (χ0n) is 15.8. The van der Waals surface area contributed by atoms with Gasteiger partial charge >= 0.3 is 0 Å². The second-order valence-electron chi connectivity index (χ2n) is 7.75. The highest BCUT2D eigenvalue weighted by Crippen LogP contribution is 2.28. The van der Waals surface area contributed by atoms with Gasteiger partial charge in [0.25, 0.3) is 0 Å². The molecule has 2 aliphatic rings.